The number of aromatic nitrogens is 4. The van der Waals surface area contributed by atoms with Crippen molar-refractivity contribution in [3.8, 4) is 11.8 Å². The Hall–Kier alpha value is -5.56. The largest absolute Gasteiger partial charge is 0.472 e. The van der Waals surface area contributed by atoms with Crippen LogP contribution in [-0.4, -0.2) is 58.7 Å². The molecule has 61 heavy (non-hydrogen) atoms. The minimum absolute atomic E-state index is 0.0266. The van der Waals surface area contributed by atoms with Crippen LogP contribution >= 0.6 is 35.0 Å². The normalized spacial score (nSPS) is 11.2. The number of amides is 2. The van der Waals surface area contributed by atoms with E-state index in [1.54, 1.807) is 60.7 Å². The molecule has 0 saturated carbocycles. The van der Waals surface area contributed by atoms with Gasteiger partial charge in [0.2, 0.25) is 16.9 Å². The van der Waals surface area contributed by atoms with Crippen LogP contribution in [0.5, 0.6) is 11.8 Å². The second-order valence-corrected chi connectivity index (χ2v) is 15.6. The van der Waals surface area contributed by atoms with E-state index in [4.69, 9.17) is 32.7 Å². The Morgan fingerprint density at radius 2 is 1.11 bits per heavy atom. The van der Waals surface area contributed by atoms with Crippen molar-refractivity contribution in [1.82, 2.24) is 30.6 Å². The zero-order chi connectivity index (χ0) is 43.9. The molecule has 1 unspecified atom stereocenters. The Morgan fingerprint density at radius 1 is 0.689 bits per heavy atom. The Bertz CT molecular complexity index is 2490. The summed E-state index contributed by atoms with van der Waals surface area (Å²) in [6, 6.07) is 21.8. The fourth-order valence-corrected chi connectivity index (χ4v) is 6.42. The fourth-order valence-electron chi connectivity index (χ4n) is 5.15. The molecule has 1 atom stereocenters. The van der Waals surface area contributed by atoms with Crippen molar-refractivity contribution in [3.05, 3.63) is 164 Å². The first-order valence-corrected chi connectivity index (χ1v) is 21.6. The minimum atomic E-state index is -1.47. The second kappa shape index (κ2) is 22.9. The van der Waals surface area contributed by atoms with Crippen LogP contribution in [0.15, 0.2) is 108 Å². The van der Waals surface area contributed by atoms with E-state index in [2.05, 4.69) is 30.6 Å². The van der Waals surface area contributed by atoms with Gasteiger partial charge in [0, 0.05) is 41.8 Å². The number of aliphatic hydroxyl groups is 2. The molecular formula is C42H38Cl2F2N6O7S2. The monoisotopic (exact) mass is 910 g/mol. The van der Waals surface area contributed by atoms with Gasteiger partial charge in [0.05, 0.1) is 24.0 Å². The first kappa shape index (κ1) is 46.5. The summed E-state index contributed by atoms with van der Waals surface area (Å²) in [7, 11) is -1.47. The van der Waals surface area contributed by atoms with Crippen LogP contribution in [0.3, 0.4) is 0 Å². The van der Waals surface area contributed by atoms with E-state index >= 15 is 0 Å². The summed E-state index contributed by atoms with van der Waals surface area (Å²) >= 11 is 13.5. The van der Waals surface area contributed by atoms with Crippen LogP contribution in [0.2, 0.25) is 10.0 Å². The van der Waals surface area contributed by atoms with Crippen LogP contribution in [-0.2, 0) is 50.3 Å². The molecule has 0 fully saturated rings. The number of ether oxygens (including phenoxy) is 2. The second-order valence-electron chi connectivity index (χ2n) is 12.8. The number of nitrogens with zero attached hydrogens (tertiary/aromatic N) is 4. The van der Waals surface area contributed by atoms with E-state index < -0.39 is 22.6 Å². The highest BCUT2D eigenvalue weighted by Crippen LogP contribution is 2.24. The molecule has 2 aromatic heterocycles. The van der Waals surface area contributed by atoms with Crippen molar-refractivity contribution in [3.63, 3.8) is 0 Å². The number of benzene rings is 4. The molecule has 13 nitrogen and oxygen atoms in total. The third-order valence-electron chi connectivity index (χ3n) is 8.45. The number of nitrogens with one attached hydrogen (secondary N) is 2. The molecule has 0 aliphatic rings. The average Bonchev–Trinajstić information content (AvgIpc) is 3.27. The predicted octanol–water partition coefficient (Wildman–Crippen LogP) is 7.00. The molecule has 4 aromatic carbocycles. The van der Waals surface area contributed by atoms with Gasteiger partial charge in [0.1, 0.15) is 36.0 Å². The SMILES string of the molecule is CS(=O)c1ncc(C(=O)NCc2ccc(F)cc2)c(OCc2ccc(CO)c(Cl)c2)n1.CSc1ncc(C(=O)NCc2ccc(F)cc2)c(OCc2ccc(CO)c(Cl)c2)n1. The smallest absolute Gasteiger partial charge is 0.258 e. The molecule has 6 aromatic rings. The zero-order valence-electron chi connectivity index (χ0n) is 32.5. The van der Waals surface area contributed by atoms with Crippen LogP contribution in [0.25, 0.3) is 0 Å². The van der Waals surface area contributed by atoms with Crippen LogP contribution in [0.4, 0.5) is 8.78 Å². The Labute approximate surface area is 366 Å². The number of hydrogen-bond donors (Lipinski definition) is 4. The number of halogens is 4. The molecule has 4 N–H and O–H groups in total. The summed E-state index contributed by atoms with van der Waals surface area (Å²) in [5.41, 5.74) is 4.37. The number of aliphatic hydroxyl groups excluding tert-OH is 2. The van der Waals surface area contributed by atoms with Crippen LogP contribution in [0, 0.1) is 11.6 Å². The van der Waals surface area contributed by atoms with E-state index in [0.717, 1.165) is 11.1 Å². The van der Waals surface area contributed by atoms with Crippen molar-refractivity contribution in [2.75, 3.05) is 12.5 Å². The lowest BCUT2D eigenvalue weighted by molar-refractivity contribution is 0.0936. The average molecular weight is 912 g/mol. The van der Waals surface area contributed by atoms with Gasteiger partial charge in [0.15, 0.2) is 5.16 Å². The van der Waals surface area contributed by atoms with E-state index in [9.17, 15) is 32.8 Å². The maximum absolute atomic E-state index is 13.0. The standard InChI is InChI=1S/C21H19ClFN3O4S.C21H19ClFN3O3S/c1-31(29)21-25-10-17(19(28)24-9-13-3-6-16(23)7-4-13)20(26-21)30-12-14-2-5-15(11-27)18(22)8-14;1-30-21-25-10-17(19(28)24-9-13-3-6-16(23)7-4-13)20(26-21)29-12-14-2-5-15(11-27)18(22)8-14/h2-8,10,27H,9,11-12H2,1H3,(H,24,28);2-8,10,27H,9,11-12H2,1H3,(H,24,28). The van der Waals surface area contributed by atoms with Crippen LogP contribution in [0.1, 0.15) is 54.1 Å². The van der Waals surface area contributed by atoms with E-state index in [0.29, 0.717) is 37.5 Å². The topological polar surface area (TPSA) is 186 Å². The molecule has 2 heterocycles. The Morgan fingerprint density at radius 3 is 1.52 bits per heavy atom. The van der Waals surface area contributed by atoms with Crippen molar-refractivity contribution in [1.29, 1.82) is 0 Å². The molecule has 318 valence electrons. The third-order valence-corrected chi connectivity index (χ3v) is 10.4. The third kappa shape index (κ3) is 13.7. The van der Waals surface area contributed by atoms with Gasteiger partial charge < -0.3 is 30.3 Å². The highest BCUT2D eigenvalue weighted by molar-refractivity contribution is 7.98. The fraction of sp³-hybridized carbons (Fsp3) is 0.190. The summed E-state index contributed by atoms with van der Waals surface area (Å²) in [5, 5.41) is 25.2. The minimum Gasteiger partial charge on any atom is -0.472 e. The highest BCUT2D eigenvalue weighted by Gasteiger charge is 2.19. The molecular weight excluding hydrogens is 874 g/mol. The Balaban J connectivity index is 0.000000231. The Kier molecular flexibility index (Phi) is 17.4. The summed E-state index contributed by atoms with van der Waals surface area (Å²) in [4.78, 5) is 41.8. The zero-order valence-corrected chi connectivity index (χ0v) is 35.7. The predicted molar refractivity (Wildman–Crippen MR) is 227 cm³/mol. The number of thioether (sulfide) groups is 1. The molecule has 2 amide bonds. The van der Waals surface area contributed by atoms with Crippen molar-refractivity contribution in [2.45, 2.75) is 49.8 Å². The van der Waals surface area contributed by atoms with Gasteiger partial charge in [0.25, 0.3) is 11.8 Å². The lowest BCUT2D eigenvalue weighted by Crippen LogP contribution is -2.24. The van der Waals surface area contributed by atoms with Crippen LogP contribution < -0.4 is 20.1 Å². The quantitative estimate of drug-likeness (QED) is 0.0577. The maximum atomic E-state index is 13.0. The summed E-state index contributed by atoms with van der Waals surface area (Å²) in [6.45, 7) is 0.224. The van der Waals surface area contributed by atoms with E-state index in [1.807, 2.05) is 6.26 Å². The van der Waals surface area contributed by atoms with E-state index in [1.165, 1.54) is 54.7 Å². The van der Waals surface area contributed by atoms with E-state index in [-0.39, 0.29) is 79.2 Å². The molecule has 0 saturated heterocycles. The highest BCUT2D eigenvalue weighted by atomic mass is 35.5. The molecule has 0 bridgehead atoms. The number of carbonyl (C=O) groups is 2. The van der Waals surface area contributed by atoms with Gasteiger partial charge >= 0.3 is 0 Å². The van der Waals surface area contributed by atoms with Gasteiger partial charge in [-0.1, -0.05) is 83.5 Å². The number of rotatable bonds is 16. The molecule has 0 spiro atoms. The number of carbonyl (C=O) groups excluding carboxylic acids is 2. The van der Waals surface area contributed by atoms with Gasteiger partial charge in [-0.15, -0.1) is 0 Å². The molecule has 0 aliphatic heterocycles. The first-order valence-electron chi connectivity index (χ1n) is 18.1. The van der Waals surface area contributed by atoms with Crippen molar-refractivity contribution < 1.29 is 42.3 Å². The van der Waals surface area contributed by atoms with Gasteiger partial charge in [-0.25, -0.2) is 18.7 Å². The first-order chi connectivity index (χ1) is 29.4. The van der Waals surface area contributed by atoms with Gasteiger partial charge in [-0.2, -0.15) is 9.97 Å². The summed E-state index contributed by atoms with van der Waals surface area (Å²) in [5.74, 6) is -1.49. The maximum Gasteiger partial charge on any atom is 0.258 e. The summed E-state index contributed by atoms with van der Waals surface area (Å²) in [6.07, 6.45) is 5.90. The lowest BCUT2D eigenvalue weighted by atomic mass is 10.1. The van der Waals surface area contributed by atoms with Gasteiger partial charge in [-0.3, -0.25) is 13.8 Å². The lowest BCUT2D eigenvalue weighted by Gasteiger charge is -2.12. The number of hydrogen-bond acceptors (Lipinski definition) is 12. The molecule has 0 radical (unpaired) electrons. The molecule has 19 heteroatoms. The molecule has 6 rings (SSSR count). The van der Waals surface area contributed by atoms with Gasteiger partial charge in [-0.05, 0) is 76.0 Å². The van der Waals surface area contributed by atoms with Crippen molar-refractivity contribution in [2.24, 2.45) is 0 Å². The van der Waals surface area contributed by atoms with Crippen molar-refractivity contribution >= 4 is 57.6 Å². The summed E-state index contributed by atoms with van der Waals surface area (Å²) < 4.78 is 49.3. The molecule has 0 aliphatic carbocycles.